The molecule has 0 bridgehead atoms. The van der Waals surface area contributed by atoms with Crippen molar-refractivity contribution in [1.82, 2.24) is 4.90 Å². The summed E-state index contributed by atoms with van der Waals surface area (Å²) in [5.41, 5.74) is 5.64. The molecule has 2 N–H and O–H groups in total. The predicted molar refractivity (Wildman–Crippen MR) is 64.0 cm³/mol. The summed E-state index contributed by atoms with van der Waals surface area (Å²) in [6.07, 6.45) is 2.58. The summed E-state index contributed by atoms with van der Waals surface area (Å²) in [4.78, 5) is 13.9. The van der Waals surface area contributed by atoms with E-state index in [1.165, 1.54) is 0 Å². The molecule has 0 spiro atoms. The fourth-order valence-corrected chi connectivity index (χ4v) is 2.25. The Morgan fingerprint density at radius 1 is 1.62 bits per heavy atom. The minimum atomic E-state index is 0.159. The minimum absolute atomic E-state index is 0.159. The van der Waals surface area contributed by atoms with Crippen LogP contribution in [0.5, 0.6) is 0 Å². The highest BCUT2D eigenvalue weighted by Crippen LogP contribution is 2.23. The molecular weight excluding hydrogens is 204 g/mol. The van der Waals surface area contributed by atoms with Crippen LogP contribution >= 0.6 is 0 Å². The number of methoxy groups -OCH3 is 1. The van der Waals surface area contributed by atoms with E-state index in [4.69, 9.17) is 10.5 Å². The first-order valence-electron chi connectivity index (χ1n) is 6.10. The van der Waals surface area contributed by atoms with Gasteiger partial charge in [-0.2, -0.15) is 0 Å². The molecule has 4 heteroatoms. The van der Waals surface area contributed by atoms with Gasteiger partial charge in [0.1, 0.15) is 0 Å². The summed E-state index contributed by atoms with van der Waals surface area (Å²) in [7, 11) is 1.68. The number of carbonyl (C=O) groups is 1. The van der Waals surface area contributed by atoms with E-state index >= 15 is 0 Å². The van der Waals surface area contributed by atoms with E-state index in [-0.39, 0.29) is 12.0 Å². The van der Waals surface area contributed by atoms with Gasteiger partial charge in [-0.1, -0.05) is 0 Å². The largest absolute Gasteiger partial charge is 0.382 e. The molecule has 1 fully saturated rings. The first-order valence-corrected chi connectivity index (χ1v) is 6.10. The summed E-state index contributed by atoms with van der Waals surface area (Å²) in [5, 5.41) is 0. The molecule has 3 atom stereocenters. The number of hydrogen-bond donors (Lipinski definition) is 1. The van der Waals surface area contributed by atoms with Crippen LogP contribution in [0.3, 0.4) is 0 Å². The van der Waals surface area contributed by atoms with Crippen LogP contribution < -0.4 is 5.73 Å². The van der Waals surface area contributed by atoms with Crippen LogP contribution in [0.4, 0.5) is 0 Å². The van der Waals surface area contributed by atoms with Gasteiger partial charge in [-0.05, 0) is 39.2 Å². The first kappa shape index (κ1) is 13.5. The van der Waals surface area contributed by atoms with E-state index in [0.717, 1.165) is 19.4 Å². The van der Waals surface area contributed by atoms with Crippen molar-refractivity contribution in [3.8, 4) is 0 Å². The van der Waals surface area contributed by atoms with Gasteiger partial charge < -0.3 is 15.4 Å². The summed E-state index contributed by atoms with van der Waals surface area (Å²) < 4.78 is 5.14. The number of rotatable bonds is 5. The summed E-state index contributed by atoms with van der Waals surface area (Å²) in [6.45, 7) is 5.61. The van der Waals surface area contributed by atoms with Crippen molar-refractivity contribution in [3.63, 3.8) is 0 Å². The fourth-order valence-electron chi connectivity index (χ4n) is 2.25. The highest BCUT2D eigenvalue weighted by Gasteiger charge is 2.31. The van der Waals surface area contributed by atoms with Crippen molar-refractivity contribution in [2.45, 2.75) is 45.3 Å². The van der Waals surface area contributed by atoms with Gasteiger partial charge in [-0.3, -0.25) is 4.79 Å². The highest BCUT2D eigenvalue weighted by atomic mass is 16.5. The molecule has 1 rings (SSSR count). The van der Waals surface area contributed by atoms with Crippen LogP contribution in [0.1, 0.15) is 33.1 Å². The van der Waals surface area contributed by atoms with Gasteiger partial charge in [0.25, 0.3) is 0 Å². The molecule has 3 unspecified atom stereocenters. The molecule has 0 radical (unpaired) electrons. The third kappa shape index (κ3) is 3.46. The maximum absolute atomic E-state index is 12.0. The lowest BCUT2D eigenvalue weighted by atomic mass is 10.1. The Balaban J connectivity index is 2.36. The number of carbonyl (C=O) groups excluding carboxylic acids is 1. The Hall–Kier alpha value is -0.610. The second-order valence-electron chi connectivity index (χ2n) is 4.82. The van der Waals surface area contributed by atoms with Crippen LogP contribution in [0.2, 0.25) is 0 Å². The SMILES string of the molecule is COC(C)CCC(=O)N1CC(CN)CC1C. The molecule has 1 saturated heterocycles. The van der Waals surface area contributed by atoms with Gasteiger partial charge in [-0.15, -0.1) is 0 Å². The average Bonchev–Trinajstić information content (AvgIpc) is 2.67. The average molecular weight is 228 g/mol. The zero-order valence-corrected chi connectivity index (χ0v) is 10.6. The van der Waals surface area contributed by atoms with E-state index in [9.17, 15) is 4.79 Å². The van der Waals surface area contributed by atoms with Gasteiger partial charge in [0.05, 0.1) is 6.10 Å². The van der Waals surface area contributed by atoms with Gasteiger partial charge in [0.2, 0.25) is 5.91 Å². The molecule has 4 nitrogen and oxygen atoms in total. The molecular formula is C12H24N2O2. The molecule has 0 saturated carbocycles. The van der Waals surface area contributed by atoms with Crippen LogP contribution in [0.25, 0.3) is 0 Å². The number of amides is 1. The van der Waals surface area contributed by atoms with E-state index in [0.29, 0.717) is 24.9 Å². The quantitative estimate of drug-likeness (QED) is 0.763. The van der Waals surface area contributed by atoms with Crippen molar-refractivity contribution in [3.05, 3.63) is 0 Å². The molecule has 1 aliphatic heterocycles. The van der Waals surface area contributed by atoms with Gasteiger partial charge in [0.15, 0.2) is 0 Å². The van der Waals surface area contributed by atoms with Crippen molar-refractivity contribution < 1.29 is 9.53 Å². The summed E-state index contributed by atoms with van der Waals surface area (Å²) >= 11 is 0. The molecule has 1 heterocycles. The summed E-state index contributed by atoms with van der Waals surface area (Å²) in [5.74, 6) is 0.728. The van der Waals surface area contributed by atoms with Gasteiger partial charge in [0, 0.05) is 26.1 Å². The first-order chi connectivity index (χ1) is 7.58. The highest BCUT2D eigenvalue weighted by molar-refractivity contribution is 5.76. The lowest BCUT2D eigenvalue weighted by Gasteiger charge is -2.22. The number of nitrogens with zero attached hydrogens (tertiary/aromatic N) is 1. The van der Waals surface area contributed by atoms with Crippen molar-refractivity contribution in [2.24, 2.45) is 11.7 Å². The van der Waals surface area contributed by atoms with E-state index in [1.807, 2.05) is 11.8 Å². The Kier molecular flexibility index (Phi) is 5.22. The number of hydrogen-bond acceptors (Lipinski definition) is 3. The molecule has 0 aromatic carbocycles. The Bertz CT molecular complexity index is 233. The normalized spacial score (nSPS) is 27.1. The number of nitrogens with two attached hydrogens (primary N) is 1. The zero-order chi connectivity index (χ0) is 12.1. The Morgan fingerprint density at radius 2 is 2.31 bits per heavy atom. The maximum atomic E-state index is 12.0. The van der Waals surface area contributed by atoms with E-state index < -0.39 is 0 Å². The van der Waals surface area contributed by atoms with E-state index in [1.54, 1.807) is 7.11 Å². The fraction of sp³-hybridized carbons (Fsp3) is 0.917. The molecule has 0 aromatic rings. The topological polar surface area (TPSA) is 55.6 Å². The number of ether oxygens (including phenoxy) is 1. The zero-order valence-electron chi connectivity index (χ0n) is 10.6. The Labute approximate surface area is 98.1 Å². The molecule has 1 amide bonds. The lowest BCUT2D eigenvalue weighted by Crippen LogP contribution is -2.34. The standard InChI is InChI=1S/C12H24N2O2/c1-9-6-11(7-13)8-14(9)12(15)5-4-10(2)16-3/h9-11H,4-8,13H2,1-3H3. The van der Waals surface area contributed by atoms with Crippen molar-refractivity contribution in [1.29, 1.82) is 0 Å². The summed E-state index contributed by atoms with van der Waals surface area (Å²) in [6, 6.07) is 0.346. The lowest BCUT2D eigenvalue weighted by molar-refractivity contribution is -0.132. The second-order valence-corrected chi connectivity index (χ2v) is 4.82. The number of likely N-dealkylation sites (tertiary alicyclic amines) is 1. The third-order valence-electron chi connectivity index (χ3n) is 3.48. The van der Waals surface area contributed by atoms with Crippen LogP contribution in [0.15, 0.2) is 0 Å². The molecule has 16 heavy (non-hydrogen) atoms. The van der Waals surface area contributed by atoms with Crippen LogP contribution in [-0.4, -0.2) is 43.2 Å². The smallest absolute Gasteiger partial charge is 0.222 e. The van der Waals surface area contributed by atoms with Crippen LogP contribution in [0, 0.1) is 5.92 Å². The van der Waals surface area contributed by atoms with E-state index in [2.05, 4.69) is 6.92 Å². The van der Waals surface area contributed by atoms with Crippen molar-refractivity contribution in [2.75, 3.05) is 20.2 Å². The van der Waals surface area contributed by atoms with Crippen LogP contribution in [-0.2, 0) is 9.53 Å². The predicted octanol–water partition coefficient (Wildman–Crippen LogP) is 0.997. The van der Waals surface area contributed by atoms with Crippen molar-refractivity contribution >= 4 is 5.91 Å². The van der Waals surface area contributed by atoms with Gasteiger partial charge >= 0.3 is 0 Å². The monoisotopic (exact) mass is 228 g/mol. The second kappa shape index (κ2) is 6.21. The molecule has 1 aliphatic rings. The minimum Gasteiger partial charge on any atom is -0.382 e. The molecule has 0 aliphatic carbocycles. The molecule has 0 aromatic heterocycles. The maximum Gasteiger partial charge on any atom is 0.222 e. The molecule has 94 valence electrons. The third-order valence-corrected chi connectivity index (χ3v) is 3.48. The Morgan fingerprint density at radius 3 is 2.81 bits per heavy atom. The van der Waals surface area contributed by atoms with Gasteiger partial charge in [-0.25, -0.2) is 0 Å².